The van der Waals surface area contributed by atoms with Crippen LogP contribution in [0.15, 0.2) is 0 Å². The molecule has 550 valence electrons. The molecule has 0 aromatic rings. The lowest BCUT2D eigenvalue weighted by molar-refractivity contribution is 0.0704. The van der Waals surface area contributed by atoms with Gasteiger partial charge in [0, 0.05) is 138 Å². The monoisotopic (exact) mass is 1520 g/mol. The molecule has 2 aliphatic rings. The third-order valence-electron chi connectivity index (χ3n) is 17.7. The molecule has 0 aromatic heterocycles. The van der Waals surface area contributed by atoms with E-state index in [1.54, 1.807) is 0 Å². The lowest BCUT2D eigenvalue weighted by Crippen LogP contribution is -2.46. The molecule has 0 aromatic carbocycles. The van der Waals surface area contributed by atoms with Crippen molar-refractivity contribution >= 4 is 124 Å². The first-order valence-corrected chi connectivity index (χ1v) is 55.1. The molecular formula is C68H142O12S8Si4. The molecule has 2 saturated carbocycles. The van der Waals surface area contributed by atoms with Crippen LogP contribution in [0.2, 0.25) is 24.2 Å². The first kappa shape index (κ1) is 91.3. The van der Waals surface area contributed by atoms with Gasteiger partial charge in [0.25, 0.3) is 0 Å². The van der Waals surface area contributed by atoms with Gasteiger partial charge in [0.05, 0.1) is 0 Å². The second kappa shape index (κ2) is 61.6. The molecule has 0 heterocycles. The molecule has 0 bridgehead atoms. The number of hydrogen-bond acceptors (Lipinski definition) is 20. The smallest absolute Gasteiger partial charge is 0.374 e. The van der Waals surface area contributed by atoms with Crippen LogP contribution >= 0.6 is 88.3 Å². The van der Waals surface area contributed by atoms with Gasteiger partial charge in [-0.25, -0.2) is 0 Å². The van der Waals surface area contributed by atoms with E-state index in [2.05, 4.69) is 171 Å². The van der Waals surface area contributed by atoms with Crippen LogP contribution in [-0.4, -0.2) is 172 Å². The van der Waals surface area contributed by atoms with Gasteiger partial charge in [-0.05, 0) is 206 Å². The highest BCUT2D eigenvalue weighted by atomic mass is 33.1. The standard InChI is InChI=1S/C68H142O12S8Si4/c1-13-69-89(70-14-2,71-15-3)55-37-47-83-87-51-45-65-59-63(39-33-29-25-27-31-35-41-67(65)61-81-53-57-91(75-19-7,76-20-8)77-21-9)43-49-85-86-50-44-64-40-34-30-26-28-32-36-42-68(62-82-54-58-92(78-22-10,79-23-11)80-24-12)66(60-64)46-52-88-84-48-38-56-90(72-16-4,73-17-5)74-18-6/h63-68H,13-62H2,1-12H3. The first-order valence-electron chi connectivity index (χ1n) is 37.6. The van der Waals surface area contributed by atoms with Crippen molar-refractivity contribution in [2.45, 2.75) is 261 Å². The van der Waals surface area contributed by atoms with Crippen molar-refractivity contribution in [2.24, 2.45) is 35.5 Å². The minimum atomic E-state index is -2.68. The predicted molar refractivity (Wildman–Crippen MR) is 423 cm³/mol. The Morgan fingerprint density at radius 3 is 0.772 bits per heavy atom. The molecule has 2 fully saturated rings. The summed E-state index contributed by atoms with van der Waals surface area (Å²) in [6.07, 6.45) is 32.4. The Hall–Kier alpha value is 3.19. The highest BCUT2D eigenvalue weighted by Gasteiger charge is 2.43. The Bertz CT molecular complexity index is 1450. The van der Waals surface area contributed by atoms with Crippen molar-refractivity contribution in [1.82, 2.24) is 0 Å². The molecule has 0 spiro atoms. The lowest BCUT2D eigenvalue weighted by atomic mass is 9.78. The average molecular weight is 1520 g/mol. The third-order valence-corrected chi connectivity index (χ3v) is 40.6. The van der Waals surface area contributed by atoms with E-state index in [0.717, 1.165) is 95.5 Å². The largest absolute Gasteiger partial charge is 0.501 e. The zero-order chi connectivity index (χ0) is 67.0. The maximum atomic E-state index is 6.33. The average Bonchev–Trinajstić information content (AvgIpc) is 2.60. The molecule has 0 N–H and O–H groups in total. The van der Waals surface area contributed by atoms with Gasteiger partial charge >= 0.3 is 35.2 Å². The normalized spacial score (nSPS) is 21.0. The maximum absolute atomic E-state index is 6.33. The maximum Gasteiger partial charge on any atom is 0.501 e. The number of hydrogen-bond donors (Lipinski definition) is 0. The van der Waals surface area contributed by atoms with Crippen LogP contribution in [0.3, 0.4) is 0 Å². The molecule has 0 saturated heterocycles. The molecule has 2 aliphatic carbocycles. The Morgan fingerprint density at radius 2 is 0.489 bits per heavy atom. The van der Waals surface area contributed by atoms with E-state index in [9.17, 15) is 0 Å². The van der Waals surface area contributed by atoms with E-state index in [1.165, 1.54) is 176 Å². The molecule has 92 heavy (non-hydrogen) atoms. The Balaban J connectivity index is 2.28. The fourth-order valence-electron chi connectivity index (χ4n) is 13.5. The van der Waals surface area contributed by atoms with Gasteiger partial charge in [-0.3, -0.25) is 0 Å². The van der Waals surface area contributed by atoms with Crippen LogP contribution in [0.25, 0.3) is 0 Å². The van der Waals surface area contributed by atoms with Crippen molar-refractivity contribution in [3.8, 4) is 0 Å². The second-order valence-corrected chi connectivity index (χ2v) is 45.8. The fourth-order valence-corrected chi connectivity index (χ4v) is 35.0. The molecule has 6 unspecified atom stereocenters. The summed E-state index contributed by atoms with van der Waals surface area (Å²) >= 11 is 4.31. The third kappa shape index (κ3) is 42.7. The van der Waals surface area contributed by atoms with Crippen molar-refractivity contribution in [3.05, 3.63) is 0 Å². The molecule has 0 amide bonds. The van der Waals surface area contributed by atoms with Crippen LogP contribution < -0.4 is 0 Å². The van der Waals surface area contributed by atoms with Gasteiger partial charge in [0.15, 0.2) is 0 Å². The summed E-state index contributed by atoms with van der Waals surface area (Å²) in [4.78, 5) is 0. The molecule has 24 heteroatoms. The SMILES string of the molecule is CCO[Si](CCCSSCCC1CC(CCSSCCC2CCCCCCCCC(CSCC[Si](OCC)(OCC)OCC)C(CCSSCCC[Si](OCC)(OCC)OCC)C2)CCCCCCCCC1CSCC[Si](OCC)(OCC)OCC)(OCC)OCC. The van der Waals surface area contributed by atoms with Crippen LogP contribution in [0.4, 0.5) is 0 Å². The van der Waals surface area contributed by atoms with Crippen molar-refractivity contribution in [1.29, 1.82) is 0 Å². The van der Waals surface area contributed by atoms with Gasteiger partial charge in [-0.1, -0.05) is 155 Å². The number of rotatable bonds is 57. The second-order valence-electron chi connectivity index (χ2n) is 24.5. The summed E-state index contributed by atoms with van der Waals surface area (Å²) in [5.41, 5.74) is 0. The van der Waals surface area contributed by atoms with E-state index in [4.69, 9.17) is 53.1 Å². The molecule has 0 aliphatic heterocycles. The van der Waals surface area contributed by atoms with Crippen molar-refractivity contribution in [2.75, 3.05) is 137 Å². The van der Waals surface area contributed by atoms with Crippen LogP contribution in [0.5, 0.6) is 0 Å². The molecule has 12 nitrogen and oxygen atoms in total. The van der Waals surface area contributed by atoms with Gasteiger partial charge in [-0.2, -0.15) is 23.5 Å². The Kier molecular flexibility index (Phi) is 61.2. The van der Waals surface area contributed by atoms with E-state index in [1.807, 2.05) is 0 Å². The Labute approximate surface area is 605 Å². The van der Waals surface area contributed by atoms with Gasteiger partial charge < -0.3 is 53.1 Å². The summed E-state index contributed by atoms with van der Waals surface area (Å²) in [5, 5.41) is 0. The van der Waals surface area contributed by atoms with Crippen LogP contribution in [-0.2, 0) is 53.1 Å². The van der Waals surface area contributed by atoms with Crippen molar-refractivity contribution in [3.63, 3.8) is 0 Å². The van der Waals surface area contributed by atoms with E-state index >= 15 is 0 Å². The summed E-state index contributed by atoms with van der Waals surface area (Å²) in [7, 11) is 2.17. The van der Waals surface area contributed by atoms with E-state index < -0.39 is 35.2 Å². The van der Waals surface area contributed by atoms with Crippen LogP contribution in [0, 0.1) is 35.5 Å². The molecule has 2 rings (SSSR count). The van der Waals surface area contributed by atoms with Gasteiger partial charge in [0.1, 0.15) is 0 Å². The molecular weight excluding hydrogens is 1380 g/mol. The van der Waals surface area contributed by atoms with E-state index in [0.29, 0.717) is 79.3 Å². The summed E-state index contributed by atoms with van der Waals surface area (Å²) in [5.74, 6) is 16.3. The highest BCUT2D eigenvalue weighted by Crippen LogP contribution is 2.42. The molecule has 0 radical (unpaired) electrons. The van der Waals surface area contributed by atoms with Gasteiger partial charge in [-0.15, -0.1) is 0 Å². The summed E-state index contributed by atoms with van der Waals surface area (Å²) in [6, 6.07) is 3.57. The van der Waals surface area contributed by atoms with Gasteiger partial charge in [0.2, 0.25) is 0 Å². The fraction of sp³-hybridized carbons (Fsp3) is 1.00. The topological polar surface area (TPSA) is 111 Å². The zero-order valence-electron chi connectivity index (χ0n) is 61.0. The predicted octanol–water partition coefficient (Wildman–Crippen LogP) is 21.9. The van der Waals surface area contributed by atoms with Crippen molar-refractivity contribution < 1.29 is 53.1 Å². The van der Waals surface area contributed by atoms with Crippen LogP contribution in [0.1, 0.15) is 237 Å². The minimum Gasteiger partial charge on any atom is -0.374 e. The quantitative estimate of drug-likeness (QED) is 0.0327. The number of thioether (sulfide) groups is 2. The summed E-state index contributed by atoms with van der Waals surface area (Å²) < 4.78 is 75.2. The minimum absolute atomic E-state index is 0.640. The Morgan fingerprint density at radius 1 is 0.250 bits per heavy atom. The highest BCUT2D eigenvalue weighted by molar-refractivity contribution is 8.77. The first-order chi connectivity index (χ1) is 45.0. The van der Waals surface area contributed by atoms with E-state index in [-0.39, 0.29) is 0 Å². The molecule has 6 atom stereocenters. The summed E-state index contributed by atoms with van der Waals surface area (Å²) in [6.45, 7) is 32.5. The zero-order valence-corrected chi connectivity index (χ0v) is 71.5. The lowest BCUT2D eigenvalue weighted by Gasteiger charge is -2.32.